The lowest BCUT2D eigenvalue weighted by atomic mass is 9.91. The van der Waals surface area contributed by atoms with E-state index in [0.717, 1.165) is 21.9 Å². The Bertz CT molecular complexity index is 971. The number of hydrogen-bond donors (Lipinski definition) is 1. The van der Waals surface area contributed by atoms with E-state index in [0.29, 0.717) is 23.3 Å². The van der Waals surface area contributed by atoms with Gasteiger partial charge >= 0.3 is 5.97 Å². The number of aliphatic carboxylic acids is 1. The molecule has 0 aromatic heterocycles. The number of carboxylic acid groups (broad SMARTS) is 1. The van der Waals surface area contributed by atoms with Crippen LogP contribution in [0.2, 0.25) is 0 Å². The van der Waals surface area contributed by atoms with Gasteiger partial charge in [0, 0.05) is 7.11 Å². The molecular weight excluding hydrogens is 340 g/mol. The standard InChI is InChI=1S/C23H22O4/c1-3-21(19-9-8-16-6-4-5-7-18(16)14-19)22(23(24)25)17-10-12-20(13-11-17)27-15-26-2/h4-14H,3,15H2,1-2H3,(H,24,25)/b22-21+. The summed E-state index contributed by atoms with van der Waals surface area (Å²) in [6.07, 6.45) is 0.613. The molecule has 0 fully saturated rings. The minimum atomic E-state index is -0.939. The number of fused-ring (bicyclic) bond motifs is 1. The van der Waals surface area contributed by atoms with Gasteiger partial charge in [0.2, 0.25) is 0 Å². The van der Waals surface area contributed by atoms with Gasteiger partial charge in [0.15, 0.2) is 6.79 Å². The van der Waals surface area contributed by atoms with Crippen molar-refractivity contribution < 1.29 is 19.4 Å². The summed E-state index contributed by atoms with van der Waals surface area (Å²) in [5, 5.41) is 12.1. The van der Waals surface area contributed by atoms with Crippen LogP contribution in [-0.2, 0) is 9.53 Å². The molecule has 4 nitrogen and oxygen atoms in total. The van der Waals surface area contributed by atoms with Gasteiger partial charge in [-0.3, -0.25) is 0 Å². The van der Waals surface area contributed by atoms with E-state index in [4.69, 9.17) is 9.47 Å². The lowest BCUT2D eigenvalue weighted by Gasteiger charge is -2.13. The van der Waals surface area contributed by atoms with Gasteiger partial charge in [-0.2, -0.15) is 0 Å². The number of hydrogen-bond acceptors (Lipinski definition) is 3. The van der Waals surface area contributed by atoms with Crippen LogP contribution in [-0.4, -0.2) is 25.0 Å². The van der Waals surface area contributed by atoms with Gasteiger partial charge < -0.3 is 14.6 Å². The molecule has 0 radical (unpaired) electrons. The van der Waals surface area contributed by atoms with Crippen molar-refractivity contribution in [1.29, 1.82) is 0 Å². The van der Waals surface area contributed by atoms with Crippen LogP contribution < -0.4 is 4.74 Å². The fraction of sp³-hybridized carbons (Fsp3) is 0.174. The number of carboxylic acids is 1. The highest BCUT2D eigenvalue weighted by Crippen LogP contribution is 2.32. The Hall–Kier alpha value is -3.11. The van der Waals surface area contributed by atoms with Gasteiger partial charge in [-0.15, -0.1) is 0 Å². The monoisotopic (exact) mass is 362 g/mol. The van der Waals surface area contributed by atoms with Crippen molar-refractivity contribution >= 4 is 27.9 Å². The summed E-state index contributed by atoms with van der Waals surface area (Å²) in [5.41, 5.74) is 2.69. The Morgan fingerprint density at radius 2 is 1.59 bits per heavy atom. The zero-order chi connectivity index (χ0) is 19.2. The first-order valence-corrected chi connectivity index (χ1v) is 8.81. The maximum atomic E-state index is 12.1. The van der Waals surface area contributed by atoms with Crippen molar-refractivity contribution in [3.8, 4) is 5.75 Å². The molecule has 0 spiro atoms. The third-order valence-corrected chi connectivity index (χ3v) is 4.45. The number of allylic oxidation sites excluding steroid dienone is 1. The number of ether oxygens (including phenoxy) is 2. The topological polar surface area (TPSA) is 55.8 Å². The van der Waals surface area contributed by atoms with E-state index in [1.807, 2.05) is 49.4 Å². The van der Waals surface area contributed by atoms with Gasteiger partial charge in [0.1, 0.15) is 5.75 Å². The normalized spacial score (nSPS) is 11.9. The molecule has 0 aliphatic carbocycles. The van der Waals surface area contributed by atoms with Gasteiger partial charge in [0.25, 0.3) is 0 Å². The van der Waals surface area contributed by atoms with E-state index < -0.39 is 5.97 Å². The molecule has 0 aliphatic rings. The summed E-state index contributed by atoms with van der Waals surface area (Å²) in [5.74, 6) is -0.306. The van der Waals surface area contributed by atoms with Gasteiger partial charge in [0.05, 0.1) is 5.57 Å². The summed E-state index contributed by atoms with van der Waals surface area (Å²) < 4.78 is 10.3. The second kappa shape index (κ2) is 8.52. The molecule has 3 rings (SSSR count). The number of carbonyl (C=O) groups is 1. The highest BCUT2D eigenvalue weighted by Gasteiger charge is 2.17. The summed E-state index contributed by atoms with van der Waals surface area (Å²) >= 11 is 0. The molecule has 3 aromatic rings. The van der Waals surface area contributed by atoms with E-state index in [2.05, 4.69) is 0 Å². The Kier molecular flexibility index (Phi) is 5.89. The molecule has 138 valence electrons. The Labute approximate surface area is 158 Å². The average molecular weight is 362 g/mol. The third-order valence-electron chi connectivity index (χ3n) is 4.45. The molecule has 0 amide bonds. The predicted octanol–water partition coefficient (Wildman–Crippen LogP) is 5.23. The Morgan fingerprint density at radius 1 is 0.926 bits per heavy atom. The van der Waals surface area contributed by atoms with Crippen molar-refractivity contribution in [2.75, 3.05) is 13.9 Å². The molecule has 0 bridgehead atoms. The van der Waals surface area contributed by atoms with Crippen LogP contribution in [0.3, 0.4) is 0 Å². The SMILES string of the molecule is CC/C(=C(\C(=O)O)c1ccc(OCOC)cc1)c1ccc2ccccc2c1. The molecule has 0 saturated heterocycles. The van der Waals surface area contributed by atoms with E-state index in [1.54, 1.807) is 31.4 Å². The first-order chi connectivity index (χ1) is 13.1. The smallest absolute Gasteiger partial charge is 0.336 e. The van der Waals surface area contributed by atoms with E-state index in [1.165, 1.54) is 0 Å². The Balaban J connectivity index is 2.07. The second-order valence-corrected chi connectivity index (χ2v) is 6.15. The quantitative estimate of drug-likeness (QED) is 0.355. The molecule has 4 heteroatoms. The number of rotatable bonds is 7. The third kappa shape index (κ3) is 4.18. The lowest BCUT2D eigenvalue weighted by Crippen LogP contribution is -2.04. The number of methoxy groups -OCH3 is 1. The minimum absolute atomic E-state index is 0.151. The van der Waals surface area contributed by atoms with Crippen molar-refractivity contribution in [3.63, 3.8) is 0 Å². The first-order valence-electron chi connectivity index (χ1n) is 8.81. The minimum Gasteiger partial charge on any atom is -0.478 e. The average Bonchev–Trinajstić information content (AvgIpc) is 2.70. The zero-order valence-corrected chi connectivity index (χ0v) is 15.4. The molecule has 0 saturated carbocycles. The van der Waals surface area contributed by atoms with Crippen LogP contribution in [0.15, 0.2) is 66.7 Å². The molecule has 0 heterocycles. The molecule has 0 unspecified atom stereocenters. The van der Waals surface area contributed by atoms with Crippen LogP contribution in [0.25, 0.3) is 21.9 Å². The van der Waals surface area contributed by atoms with Crippen LogP contribution in [0, 0.1) is 0 Å². The zero-order valence-electron chi connectivity index (χ0n) is 15.4. The van der Waals surface area contributed by atoms with E-state index >= 15 is 0 Å². The maximum absolute atomic E-state index is 12.1. The fourth-order valence-corrected chi connectivity index (χ4v) is 3.17. The summed E-state index contributed by atoms with van der Waals surface area (Å²) in [6.45, 7) is 2.13. The molecule has 0 atom stereocenters. The summed E-state index contributed by atoms with van der Waals surface area (Å²) in [7, 11) is 1.55. The van der Waals surface area contributed by atoms with Crippen molar-refractivity contribution in [2.45, 2.75) is 13.3 Å². The van der Waals surface area contributed by atoms with Gasteiger partial charge in [-0.05, 0) is 52.1 Å². The second-order valence-electron chi connectivity index (χ2n) is 6.15. The van der Waals surface area contributed by atoms with Crippen LogP contribution in [0.5, 0.6) is 5.75 Å². The highest BCUT2D eigenvalue weighted by molar-refractivity contribution is 6.23. The molecule has 1 N–H and O–H groups in total. The predicted molar refractivity (Wildman–Crippen MR) is 108 cm³/mol. The largest absolute Gasteiger partial charge is 0.478 e. The molecule has 3 aromatic carbocycles. The molecule has 27 heavy (non-hydrogen) atoms. The first kappa shape index (κ1) is 18.7. The van der Waals surface area contributed by atoms with Crippen molar-refractivity contribution in [3.05, 3.63) is 77.9 Å². The van der Waals surface area contributed by atoms with Gasteiger partial charge in [-0.25, -0.2) is 4.79 Å². The summed E-state index contributed by atoms with van der Waals surface area (Å²) in [4.78, 5) is 12.1. The van der Waals surface area contributed by atoms with Crippen molar-refractivity contribution in [2.24, 2.45) is 0 Å². The number of benzene rings is 3. The van der Waals surface area contributed by atoms with Crippen molar-refractivity contribution in [1.82, 2.24) is 0 Å². The van der Waals surface area contributed by atoms with Crippen LogP contribution >= 0.6 is 0 Å². The Morgan fingerprint density at radius 3 is 2.22 bits per heavy atom. The fourth-order valence-electron chi connectivity index (χ4n) is 3.17. The highest BCUT2D eigenvalue weighted by atomic mass is 16.7. The maximum Gasteiger partial charge on any atom is 0.336 e. The summed E-state index contributed by atoms with van der Waals surface area (Å²) in [6, 6.07) is 21.2. The van der Waals surface area contributed by atoms with Crippen LogP contribution in [0.4, 0.5) is 0 Å². The van der Waals surface area contributed by atoms with Crippen LogP contribution in [0.1, 0.15) is 24.5 Å². The molecular formula is C23H22O4. The molecule has 0 aliphatic heterocycles. The lowest BCUT2D eigenvalue weighted by molar-refractivity contribution is -0.130. The van der Waals surface area contributed by atoms with E-state index in [9.17, 15) is 9.90 Å². The van der Waals surface area contributed by atoms with Gasteiger partial charge in [-0.1, -0.05) is 55.5 Å². The van der Waals surface area contributed by atoms with E-state index in [-0.39, 0.29) is 6.79 Å².